The van der Waals surface area contributed by atoms with E-state index in [9.17, 15) is 0 Å². The van der Waals surface area contributed by atoms with E-state index in [0.717, 1.165) is 12.0 Å². The zero-order valence-electron chi connectivity index (χ0n) is 10.5. The van der Waals surface area contributed by atoms with E-state index >= 15 is 0 Å². The SMILES string of the molecule is C=CCCCN(CC1CCCNC1)C1CC1. The van der Waals surface area contributed by atoms with Gasteiger partial charge >= 0.3 is 0 Å². The summed E-state index contributed by atoms with van der Waals surface area (Å²) >= 11 is 0. The number of piperidine rings is 1. The monoisotopic (exact) mass is 222 g/mol. The highest BCUT2D eigenvalue weighted by molar-refractivity contribution is 4.87. The van der Waals surface area contributed by atoms with Crippen molar-refractivity contribution < 1.29 is 0 Å². The van der Waals surface area contributed by atoms with Gasteiger partial charge in [-0.25, -0.2) is 0 Å². The van der Waals surface area contributed by atoms with Gasteiger partial charge in [0, 0.05) is 12.6 Å². The fraction of sp³-hybridized carbons (Fsp3) is 0.857. The number of unbranched alkanes of at least 4 members (excludes halogenated alkanes) is 1. The third-order valence-electron chi connectivity index (χ3n) is 3.81. The second kappa shape index (κ2) is 6.41. The Morgan fingerprint density at radius 1 is 1.31 bits per heavy atom. The Morgan fingerprint density at radius 3 is 2.81 bits per heavy atom. The third-order valence-corrected chi connectivity index (χ3v) is 3.81. The van der Waals surface area contributed by atoms with Crippen molar-refractivity contribution in [2.75, 3.05) is 26.2 Å². The van der Waals surface area contributed by atoms with Gasteiger partial charge in [-0.2, -0.15) is 0 Å². The number of rotatable bonds is 7. The van der Waals surface area contributed by atoms with Gasteiger partial charge < -0.3 is 10.2 Å². The average Bonchev–Trinajstić information content (AvgIpc) is 3.13. The highest BCUT2D eigenvalue weighted by atomic mass is 15.2. The predicted octanol–water partition coefficient (Wildman–Crippen LogP) is 2.42. The van der Waals surface area contributed by atoms with Crippen LogP contribution in [-0.4, -0.2) is 37.1 Å². The lowest BCUT2D eigenvalue weighted by molar-refractivity contribution is 0.198. The molecule has 1 atom stereocenters. The maximum absolute atomic E-state index is 3.81. The standard InChI is InChI=1S/C14H26N2/c1-2-3-4-10-16(14-7-8-14)12-13-6-5-9-15-11-13/h2,13-15H,1,3-12H2. The zero-order chi connectivity index (χ0) is 11.2. The molecule has 1 saturated heterocycles. The molecule has 0 amide bonds. The molecule has 2 aliphatic rings. The average molecular weight is 222 g/mol. The van der Waals surface area contributed by atoms with Crippen LogP contribution in [0.4, 0.5) is 0 Å². The van der Waals surface area contributed by atoms with Gasteiger partial charge in [0.2, 0.25) is 0 Å². The minimum Gasteiger partial charge on any atom is -0.316 e. The van der Waals surface area contributed by atoms with Crippen LogP contribution in [0.2, 0.25) is 0 Å². The van der Waals surface area contributed by atoms with E-state index in [0.29, 0.717) is 0 Å². The summed E-state index contributed by atoms with van der Waals surface area (Å²) in [5, 5.41) is 3.52. The predicted molar refractivity (Wildman–Crippen MR) is 69.6 cm³/mol. The smallest absolute Gasteiger partial charge is 0.00965 e. The second-order valence-electron chi connectivity index (χ2n) is 5.37. The fourth-order valence-corrected chi connectivity index (χ4v) is 2.71. The summed E-state index contributed by atoms with van der Waals surface area (Å²) in [6, 6.07) is 0.923. The van der Waals surface area contributed by atoms with Crippen molar-refractivity contribution in [3.63, 3.8) is 0 Å². The number of hydrogen-bond donors (Lipinski definition) is 1. The van der Waals surface area contributed by atoms with Crippen molar-refractivity contribution in [1.82, 2.24) is 10.2 Å². The Hall–Kier alpha value is -0.340. The highest BCUT2D eigenvalue weighted by Gasteiger charge is 2.30. The van der Waals surface area contributed by atoms with E-state index < -0.39 is 0 Å². The molecule has 2 rings (SSSR count). The van der Waals surface area contributed by atoms with Gasteiger partial charge in [-0.15, -0.1) is 6.58 Å². The maximum atomic E-state index is 3.81. The quantitative estimate of drug-likeness (QED) is 0.526. The summed E-state index contributed by atoms with van der Waals surface area (Å²) in [5.74, 6) is 0.901. The fourth-order valence-electron chi connectivity index (χ4n) is 2.71. The van der Waals surface area contributed by atoms with Crippen LogP contribution < -0.4 is 5.32 Å². The molecule has 1 saturated carbocycles. The molecule has 2 heteroatoms. The van der Waals surface area contributed by atoms with Gasteiger partial charge in [0.1, 0.15) is 0 Å². The minimum absolute atomic E-state index is 0.901. The summed E-state index contributed by atoms with van der Waals surface area (Å²) in [5.41, 5.74) is 0. The van der Waals surface area contributed by atoms with Gasteiger partial charge in [-0.3, -0.25) is 0 Å². The molecule has 92 valence electrons. The zero-order valence-corrected chi connectivity index (χ0v) is 10.5. The first kappa shape index (κ1) is 12.1. The van der Waals surface area contributed by atoms with Gasteiger partial charge in [0.15, 0.2) is 0 Å². The molecule has 0 radical (unpaired) electrons. The van der Waals surface area contributed by atoms with Crippen LogP contribution in [-0.2, 0) is 0 Å². The third kappa shape index (κ3) is 3.91. The largest absolute Gasteiger partial charge is 0.316 e. The molecule has 16 heavy (non-hydrogen) atoms. The van der Waals surface area contributed by atoms with E-state index in [1.165, 1.54) is 64.7 Å². The van der Waals surface area contributed by atoms with Crippen LogP contribution in [0.15, 0.2) is 12.7 Å². The Bertz CT molecular complexity index is 205. The lowest BCUT2D eigenvalue weighted by atomic mass is 9.99. The Kier molecular flexibility index (Phi) is 4.86. The van der Waals surface area contributed by atoms with Crippen LogP contribution in [0.1, 0.15) is 38.5 Å². The van der Waals surface area contributed by atoms with Crippen molar-refractivity contribution in [2.45, 2.75) is 44.6 Å². The van der Waals surface area contributed by atoms with E-state index in [1.54, 1.807) is 0 Å². The van der Waals surface area contributed by atoms with E-state index in [2.05, 4.69) is 16.8 Å². The first-order valence-electron chi connectivity index (χ1n) is 6.96. The Labute approximate surface area is 100 Å². The molecule has 1 aliphatic carbocycles. The van der Waals surface area contributed by atoms with E-state index in [1.807, 2.05) is 6.08 Å². The molecule has 1 unspecified atom stereocenters. The molecule has 0 aromatic rings. The molecule has 1 heterocycles. The molecule has 0 aromatic carbocycles. The normalized spacial score (nSPS) is 25.9. The van der Waals surface area contributed by atoms with Crippen molar-refractivity contribution in [3.05, 3.63) is 12.7 Å². The second-order valence-corrected chi connectivity index (χ2v) is 5.37. The van der Waals surface area contributed by atoms with Gasteiger partial charge in [0.05, 0.1) is 0 Å². The Balaban J connectivity index is 1.70. The molecule has 0 aromatic heterocycles. The summed E-state index contributed by atoms with van der Waals surface area (Å²) in [7, 11) is 0. The van der Waals surface area contributed by atoms with Gasteiger partial charge in [0.25, 0.3) is 0 Å². The van der Waals surface area contributed by atoms with Crippen molar-refractivity contribution in [2.24, 2.45) is 5.92 Å². The van der Waals surface area contributed by atoms with Gasteiger partial charge in [-0.05, 0) is 64.1 Å². The number of nitrogens with one attached hydrogen (secondary N) is 1. The number of nitrogens with zero attached hydrogens (tertiary/aromatic N) is 1. The number of allylic oxidation sites excluding steroid dienone is 1. The summed E-state index contributed by atoms with van der Waals surface area (Å²) in [6.45, 7) is 8.89. The van der Waals surface area contributed by atoms with E-state index in [-0.39, 0.29) is 0 Å². The van der Waals surface area contributed by atoms with Crippen molar-refractivity contribution in [3.8, 4) is 0 Å². The molecular weight excluding hydrogens is 196 g/mol. The highest BCUT2D eigenvalue weighted by Crippen LogP contribution is 2.28. The van der Waals surface area contributed by atoms with Crippen LogP contribution >= 0.6 is 0 Å². The molecule has 0 spiro atoms. The Morgan fingerprint density at radius 2 is 2.19 bits per heavy atom. The minimum atomic E-state index is 0.901. The summed E-state index contributed by atoms with van der Waals surface area (Å²) in [6.07, 6.45) is 10.2. The van der Waals surface area contributed by atoms with Gasteiger partial charge in [-0.1, -0.05) is 6.08 Å². The molecule has 2 nitrogen and oxygen atoms in total. The summed E-state index contributed by atoms with van der Waals surface area (Å²) < 4.78 is 0. The topological polar surface area (TPSA) is 15.3 Å². The van der Waals surface area contributed by atoms with Crippen LogP contribution in [0.3, 0.4) is 0 Å². The molecule has 0 bridgehead atoms. The summed E-state index contributed by atoms with van der Waals surface area (Å²) in [4.78, 5) is 2.74. The van der Waals surface area contributed by atoms with Crippen molar-refractivity contribution in [1.29, 1.82) is 0 Å². The van der Waals surface area contributed by atoms with Crippen LogP contribution in [0, 0.1) is 5.92 Å². The molecule has 1 aliphatic heterocycles. The lowest BCUT2D eigenvalue weighted by Gasteiger charge is -2.30. The van der Waals surface area contributed by atoms with Crippen molar-refractivity contribution >= 4 is 0 Å². The molecule has 1 N–H and O–H groups in total. The first-order chi connectivity index (χ1) is 7.90. The first-order valence-corrected chi connectivity index (χ1v) is 6.96. The lowest BCUT2D eigenvalue weighted by Crippen LogP contribution is -2.39. The molecular formula is C14H26N2. The van der Waals surface area contributed by atoms with Crippen LogP contribution in [0.25, 0.3) is 0 Å². The van der Waals surface area contributed by atoms with E-state index in [4.69, 9.17) is 0 Å². The van der Waals surface area contributed by atoms with Crippen LogP contribution in [0.5, 0.6) is 0 Å². The number of hydrogen-bond acceptors (Lipinski definition) is 2. The molecule has 2 fully saturated rings. The maximum Gasteiger partial charge on any atom is 0.00965 e.